The van der Waals surface area contributed by atoms with E-state index < -0.39 is 11.8 Å². The second-order valence-corrected chi connectivity index (χ2v) is 5.16. The number of aromatic nitrogens is 2. The smallest absolute Gasteiger partial charge is 0.364 e. The molecule has 7 heteroatoms. The lowest BCUT2D eigenvalue weighted by Crippen LogP contribution is -2.25. The summed E-state index contributed by atoms with van der Waals surface area (Å²) < 4.78 is 20.3. The van der Waals surface area contributed by atoms with Gasteiger partial charge in [-0.05, 0) is 30.7 Å². The largest absolute Gasteiger partial charge is 0.419 e. The van der Waals surface area contributed by atoms with Crippen LogP contribution in [-0.4, -0.2) is 15.7 Å². The fraction of sp³-hybridized carbons (Fsp3) is 0.214. The lowest BCUT2D eigenvalue weighted by atomic mass is 10.3. The molecule has 0 aliphatic rings. The van der Waals surface area contributed by atoms with Crippen molar-refractivity contribution in [3.8, 4) is 5.75 Å². The molecule has 0 aliphatic carbocycles. The zero-order valence-electron chi connectivity index (χ0n) is 11.2. The van der Waals surface area contributed by atoms with Crippen LogP contribution in [0.15, 0.2) is 39.6 Å². The number of benzene rings is 1. The van der Waals surface area contributed by atoms with Crippen molar-refractivity contribution < 1.29 is 13.9 Å². The fourth-order valence-electron chi connectivity index (χ4n) is 1.64. The maximum atomic E-state index is 13.6. The third-order valence-corrected chi connectivity index (χ3v) is 3.10. The highest BCUT2D eigenvalue weighted by Crippen LogP contribution is 2.22. The van der Waals surface area contributed by atoms with E-state index in [9.17, 15) is 14.0 Å². The van der Waals surface area contributed by atoms with E-state index in [1.165, 1.54) is 28.9 Å². The molecule has 0 atom stereocenters. The highest BCUT2D eigenvalue weighted by atomic mass is 79.9. The number of nitrogens with zero attached hydrogens (tertiary/aromatic N) is 2. The summed E-state index contributed by atoms with van der Waals surface area (Å²) in [6.45, 7) is 2.28. The van der Waals surface area contributed by atoms with E-state index in [-0.39, 0.29) is 17.0 Å². The molecule has 1 aromatic carbocycles. The first kappa shape index (κ1) is 15.4. The van der Waals surface area contributed by atoms with Crippen LogP contribution < -0.4 is 10.3 Å². The van der Waals surface area contributed by atoms with E-state index in [0.29, 0.717) is 17.4 Å². The Morgan fingerprint density at radius 1 is 1.38 bits per heavy atom. The summed E-state index contributed by atoms with van der Waals surface area (Å²) in [7, 11) is 0. The summed E-state index contributed by atoms with van der Waals surface area (Å²) in [5.74, 6) is -1.68. The van der Waals surface area contributed by atoms with Crippen LogP contribution in [0.25, 0.3) is 0 Å². The zero-order valence-corrected chi connectivity index (χ0v) is 12.8. The molecule has 1 heterocycles. The molecule has 0 saturated carbocycles. The molecule has 2 rings (SSSR count). The molecular formula is C14H12BrFN2O3. The number of rotatable bonds is 4. The molecule has 2 aromatic rings. The molecule has 0 spiro atoms. The predicted molar refractivity (Wildman–Crippen MR) is 77.8 cm³/mol. The van der Waals surface area contributed by atoms with Gasteiger partial charge in [0.25, 0.3) is 5.56 Å². The summed E-state index contributed by atoms with van der Waals surface area (Å²) in [4.78, 5) is 23.5. The van der Waals surface area contributed by atoms with Crippen LogP contribution in [0, 0.1) is 5.82 Å². The van der Waals surface area contributed by atoms with Crippen LogP contribution >= 0.6 is 15.9 Å². The number of halogens is 2. The predicted octanol–water partition coefficient (Wildman–Crippen LogP) is 2.77. The Morgan fingerprint density at radius 3 is 2.81 bits per heavy atom. The molecule has 0 bridgehead atoms. The molecule has 21 heavy (non-hydrogen) atoms. The van der Waals surface area contributed by atoms with Gasteiger partial charge in [0.2, 0.25) is 0 Å². The maximum Gasteiger partial charge on any atom is 0.364 e. The first-order valence-corrected chi connectivity index (χ1v) is 7.06. The van der Waals surface area contributed by atoms with Crippen LogP contribution in [0.2, 0.25) is 0 Å². The van der Waals surface area contributed by atoms with Crippen LogP contribution in [0.4, 0.5) is 4.39 Å². The van der Waals surface area contributed by atoms with Gasteiger partial charge < -0.3 is 4.74 Å². The molecule has 110 valence electrons. The quantitative estimate of drug-likeness (QED) is 0.625. The maximum absolute atomic E-state index is 13.6. The highest BCUT2D eigenvalue weighted by Gasteiger charge is 2.14. The van der Waals surface area contributed by atoms with Crippen molar-refractivity contribution in [3.63, 3.8) is 0 Å². The Balaban J connectivity index is 2.24. The van der Waals surface area contributed by atoms with Gasteiger partial charge in [-0.25, -0.2) is 13.9 Å². The van der Waals surface area contributed by atoms with Crippen molar-refractivity contribution in [3.05, 3.63) is 56.7 Å². The molecule has 5 nitrogen and oxygen atoms in total. The van der Waals surface area contributed by atoms with Crippen molar-refractivity contribution in [1.82, 2.24) is 9.78 Å². The van der Waals surface area contributed by atoms with Gasteiger partial charge in [0.05, 0.1) is 0 Å². The molecule has 0 amide bonds. The van der Waals surface area contributed by atoms with E-state index in [1.54, 1.807) is 6.07 Å². The van der Waals surface area contributed by atoms with Crippen molar-refractivity contribution in [2.75, 3.05) is 0 Å². The van der Waals surface area contributed by atoms with Crippen LogP contribution in [0.3, 0.4) is 0 Å². The Morgan fingerprint density at radius 2 is 2.14 bits per heavy atom. The summed E-state index contributed by atoms with van der Waals surface area (Å²) in [6, 6.07) is 6.56. The molecule has 0 radical (unpaired) electrons. The van der Waals surface area contributed by atoms with Gasteiger partial charge in [0.1, 0.15) is 0 Å². The van der Waals surface area contributed by atoms with E-state index in [0.717, 1.165) is 0 Å². The molecule has 0 saturated heterocycles. The number of esters is 1. The molecule has 0 N–H and O–H groups in total. The van der Waals surface area contributed by atoms with Gasteiger partial charge in [-0.2, -0.15) is 5.10 Å². The highest BCUT2D eigenvalue weighted by molar-refractivity contribution is 9.10. The lowest BCUT2D eigenvalue weighted by molar-refractivity contribution is 0.0718. The average Bonchev–Trinajstić information content (AvgIpc) is 2.44. The average molecular weight is 355 g/mol. The zero-order chi connectivity index (χ0) is 15.4. The van der Waals surface area contributed by atoms with Crippen molar-refractivity contribution in [2.24, 2.45) is 0 Å². The molecular weight excluding hydrogens is 343 g/mol. The Bertz CT molecular complexity index is 730. The second-order valence-electron chi connectivity index (χ2n) is 4.24. The summed E-state index contributed by atoms with van der Waals surface area (Å²) in [5.41, 5.74) is -0.353. The first-order valence-electron chi connectivity index (χ1n) is 6.26. The van der Waals surface area contributed by atoms with Crippen LogP contribution in [-0.2, 0) is 6.54 Å². The molecule has 0 aliphatic heterocycles. The standard InChI is InChI=1S/C14H12BrFN2O3/c1-2-7-18-13(19)6-4-11(17-18)14(20)21-12-5-3-9(15)8-10(12)16/h3-6,8H,2,7H2,1H3. The van der Waals surface area contributed by atoms with Crippen molar-refractivity contribution in [1.29, 1.82) is 0 Å². The molecule has 1 aromatic heterocycles. The number of hydrogen-bond donors (Lipinski definition) is 0. The van der Waals surface area contributed by atoms with Gasteiger partial charge in [-0.15, -0.1) is 0 Å². The van der Waals surface area contributed by atoms with Gasteiger partial charge >= 0.3 is 5.97 Å². The Labute approximate surface area is 128 Å². The van der Waals surface area contributed by atoms with Crippen LogP contribution in [0.1, 0.15) is 23.8 Å². The van der Waals surface area contributed by atoms with Gasteiger partial charge in [0.15, 0.2) is 17.3 Å². The van der Waals surface area contributed by atoms with Crippen molar-refractivity contribution in [2.45, 2.75) is 19.9 Å². The first-order chi connectivity index (χ1) is 10.0. The minimum Gasteiger partial charge on any atom is -0.419 e. The fourth-order valence-corrected chi connectivity index (χ4v) is 1.97. The number of hydrogen-bond acceptors (Lipinski definition) is 4. The SMILES string of the molecule is CCCn1nc(C(=O)Oc2ccc(Br)cc2F)ccc1=O. The van der Waals surface area contributed by atoms with E-state index in [4.69, 9.17) is 4.74 Å². The number of carbonyl (C=O) groups excluding carboxylic acids is 1. The van der Waals surface area contributed by atoms with Crippen molar-refractivity contribution >= 4 is 21.9 Å². The minimum absolute atomic E-state index is 0.0506. The van der Waals surface area contributed by atoms with Gasteiger partial charge in [-0.1, -0.05) is 22.9 Å². The number of carbonyl (C=O) groups is 1. The second kappa shape index (κ2) is 6.62. The van der Waals surface area contributed by atoms with E-state index in [2.05, 4.69) is 21.0 Å². The summed E-state index contributed by atoms with van der Waals surface area (Å²) in [6.07, 6.45) is 0.701. The normalized spacial score (nSPS) is 10.4. The number of aryl methyl sites for hydroxylation is 1. The van der Waals surface area contributed by atoms with E-state index >= 15 is 0 Å². The van der Waals surface area contributed by atoms with E-state index in [1.807, 2.05) is 6.92 Å². The molecule has 0 fully saturated rings. The number of ether oxygens (including phenoxy) is 1. The Kier molecular flexibility index (Phi) is 4.85. The topological polar surface area (TPSA) is 61.2 Å². The Hall–Kier alpha value is -2.02. The lowest BCUT2D eigenvalue weighted by Gasteiger charge is -2.07. The van der Waals surface area contributed by atoms with Gasteiger partial charge in [-0.3, -0.25) is 4.79 Å². The third kappa shape index (κ3) is 3.75. The summed E-state index contributed by atoms with van der Waals surface area (Å²) in [5, 5.41) is 3.90. The minimum atomic E-state index is -0.818. The molecule has 0 unspecified atom stereocenters. The summed E-state index contributed by atoms with van der Waals surface area (Å²) >= 11 is 3.11. The van der Waals surface area contributed by atoms with Crippen LogP contribution in [0.5, 0.6) is 5.75 Å². The van der Waals surface area contributed by atoms with Gasteiger partial charge in [0, 0.05) is 17.1 Å². The third-order valence-electron chi connectivity index (χ3n) is 2.61. The monoisotopic (exact) mass is 354 g/mol.